The van der Waals surface area contributed by atoms with Crippen LogP contribution >= 0.6 is 0 Å². The Labute approximate surface area is 238 Å². The quantitative estimate of drug-likeness (QED) is 0.0898. The van der Waals surface area contributed by atoms with Crippen molar-refractivity contribution in [3.05, 3.63) is 114 Å². The van der Waals surface area contributed by atoms with Crippen molar-refractivity contribution in [1.82, 2.24) is 0 Å². The fourth-order valence-corrected chi connectivity index (χ4v) is 4.75. The van der Waals surface area contributed by atoms with Crippen LogP contribution < -0.4 is 4.90 Å². The van der Waals surface area contributed by atoms with Crippen molar-refractivity contribution in [2.75, 3.05) is 4.90 Å². The summed E-state index contributed by atoms with van der Waals surface area (Å²) in [5.74, 6) is -0.935. The van der Waals surface area contributed by atoms with Gasteiger partial charge in [0.25, 0.3) is 0 Å². The van der Waals surface area contributed by atoms with E-state index in [1.165, 1.54) is 13.8 Å². The number of benzene rings is 5. The summed E-state index contributed by atoms with van der Waals surface area (Å²) >= 11 is 0. The van der Waals surface area contributed by atoms with E-state index >= 15 is 0 Å². The molecule has 7 nitrogen and oxygen atoms in total. The highest BCUT2D eigenvalue weighted by Crippen LogP contribution is 2.41. The van der Waals surface area contributed by atoms with E-state index in [1.807, 2.05) is 67.6 Å². The van der Waals surface area contributed by atoms with Gasteiger partial charge in [0.2, 0.25) is 0 Å². The highest BCUT2D eigenvalue weighted by molar-refractivity contribution is 6.16. The van der Waals surface area contributed by atoms with Gasteiger partial charge in [-0.1, -0.05) is 71.0 Å². The Bertz CT molecular complexity index is 1810. The largest absolute Gasteiger partial charge is 0.331 e. The minimum atomic E-state index is -0.470. The smallest absolute Gasteiger partial charge is 0.318 e. The Hall–Kier alpha value is -5.30. The van der Waals surface area contributed by atoms with E-state index < -0.39 is 11.9 Å². The van der Waals surface area contributed by atoms with E-state index in [0.717, 1.165) is 49.7 Å². The molecule has 5 aromatic rings. The second-order valence-electron chi connectivity index (χ2n) is 9.61. The zero-order valence-corrected chi connectivity index (χ0v) is 23.3. The second kappa shape index (κ2) is 11.8. The van der Waals surface area contributed by atoms with Gasteiger partial charge in [0.1, 0.15) is 0 Å². The third kappa shape index (κ3) is 5.99. The van der Waals surface area contributed by atoms with Crippen LogP contribution in [0.2, 0.25) is 0 Å². The summed E-state index contributed by atoms with van der Waals surface area (Å²) in [6, 6.07) is 34.7. The molecule has 41 heavy (non-hydrogen) atoms. The molecule has 5 rings (SSSR count). The topological polar surface area (TPSA) is 80.6 Å². The molecule has 0 radical (unpaired) electrons. The van der Waals surface area contributed by atoms with Gasteiger partial charge in [0.05, 0.1) is 17.1 Å². The molecule has 0 bridgehead atoms. The van der Waals surface area contributed by atoms with Crippen molar-refractivity contribution in [2.24, 2.45) is 10.3 Å². The monoisotopic (exact) mass is 543 g/mol. The first-order chi connectivity index (χ1) is 19.8. The normalized spacial score (nSPS) is 11.9. The summed E-state index contributed by atoms with van der Waals surface area (Å²) in [6.45, 7) is 6.28. The Morgan fingerprint density at radius 2 is 1.12 bits per heavy atom. The van der Waals surface area contributed by atoms with E-state index in [9.17, 15) is 9.59 Å². The van der Waals surface area contributed by atoms with Crippen LogP contribution in [0.5, 0.6) is 0 Å². The van der Waals surface area contributed by atoms with Crippen LogP contribution in [0.25, 0.3) is 21.5 Å². The minimum Gasteiger partial charge on any atom is -0.318 e. The number of para-hydroxylation sites is 1. The lowest BCUT2D eigenvalue weighted by Gasteiger charge is -2.27. The first-order valence-corrected chi connectivity index (χ1v) is 13.2. The molecule has 7 heteroatoms. The van der Waals surface area contributed by atoms with Gasteiger partial charge >= 0.3 is 11.9 Å². The first-order valence-electron chi connectivity index (χ1n) is 13.2. The van der Waals surface area contributed by atoms with E-state index in [1.54, 1.807) is 6.92 Å². The lowest BCUT2D eigenvalue weighted by Crippen LogP contribution is -2.11. The highest BCUT2D eigenvalue weighted by atomic mass is 16.7. The van der Waals surface area contributed by atoms with Crippen LogP contribution in [-0.4, -0.2) is 23.4 Å². The van der Waals surface area contributed by atoms with Gasteiger partial charge in [-0.05, 0) is 78.0 Å². The zero-order chi connectivity index (χ0) is 28.9. The molecule has 0 aliphatic heterocycles. The number of oxime groups is 2. The molecule has 0 N–H and O–H groups in total. The maximum absolute atomic E-state index is 11.4. The number of anilines is 3. The van der Waals surface area contributed by atoms with Crippen molar-refractivity contribution >= 4 is 62.0 Å². The van der Waals surface area contributed by atoms with E-state index in [0.29, 0.717) is 11.4 Å². The molecule has 5 aromatic carbocycles. The Balaban J connectivity index is 1.71. The molecule has 0 aliphatic rings. The van der Waals surface area contributed by atoms with Gasteiger partial charge in [-0.15, -0.1) is 0 Å². The van der Waals surface area contributed by atoms with Gasteiger partial charge in [-0.25, -0.2) is 9.59 Å². The van der Waals surface area contributed by atoms with Gasteiger partial charge in [0, 0.05) is 36.2 Å². The molecule has 0 saturated carbocycles. The third-order valence-corrected chi connectivity index (χ3v) is 6.67. The second-order valence-corrected chi connectivity index (χ2v) is 9.61. The Morgan fingerprint density at radius 3 is 1.73 bits per heavy atom. The highest BCUT2D eigenvalue weighted by Gasteiger charge is 2.18. The van der Waals surface area contributed by atoms with Crippen molar-refractivity contribution in [3.8, 4) is 0 Å². The molecule has 0 saturated heterocycles. The van der Waals surface area contributed by atoms with Gasteiger partial charge in [-0.2, -0.15) is 0 Å². The Morgan fingerprint density at radius 1 is 0.585 bits per heavy atom. The molecule has 0 aliphatic carbocycles. The van der Waals surface area contributed by atoms with Crippen molar-refractivity contribution in [1.29, 1.82) is 0 Å². The van der Waals surface area contributed by atoms with Crippen LogP contribution in [0.15, 0.2) is 113 Å². The standard InChI is InChI=1S/C34H29N3O4/c1-22(35-40-24(3)38)26-14-16-30(17-15-26)37(29-12-6-5-7-13-29)34-19-18-31(23(2)36-41-25(4)39)32-20-27-10-8-9-11-28(27)21-33(32)34/h5-21H,1-4H3/b35-22-,36-23+. The number of hydrogen-bond acceptors (Lipinski definition) is 7. The minimum absolute atomic E-state index is 0.466. The Kier molecular flexibility index (Phi) is 7.87. The van der Waals surface area contributed by atoms with Crippen LogP contribution in [0.4, 0.5) is 17.1 Å². The summed E-state index contributed by atoms with van der Waals surface area (Å²) in [7, 11) is 0. The maximum atomic E-state index is 11.4. The van der Waals surface area contributed by atoms with Gasteiger partial charge in [0.15, 0.2) is 0 Å². The number of carbonyl (C=O) groups excluding carboxylic acids is 2. The molecular weight excluding hydrogens is 514 g/mol. The number of rotatable bonds is 7. The van der Waals surface area contributed by atoms with Crippen LogP contribution in [0.3, 0.4) is 0 Å². The molecule has 0 atom stereocenters. The predicted molar refractivity (Wildman–Crippen MR) is 164 cm³/mol. The lowest BCUT2D eigenvalue weighted by atomic mass is 9.95. The number of hydrogen-bond donors (Lipinski definition) is 0. The van der Waals surface area contributed by atoms with Gasteiger partial charge < -0.3 is 14.6 Å². The lowest BCUT2D eigenvalue weighted by molar-refractivity contribution is -0.141. The zero-order valence-electron chi connectivity index (χ0n) is 23.3. The molecule has 0 heterocycles. The number of carbonyl (C=O) groups is 2. The van der Waals surface area contributed by atoms with Crippen LogP contribution in [0.1, 0.15) is 38.8 Å². The van der Waals surface area contributed by atoms with Crippen molar-refractivity contribution < 1.29 is 19.3 Å². The maximum Gasteiger partial charge on any atom is 0.331 e. The fourth-order valence-electron chi connectivity index (χ4n) is 4.75. The average molecular weight is 544 g/mol. The van der Waals surface area contributed by atoms with Crippen LogP contribution in [-0.2, 0) is 19.3 Å². The van der Waals surface area contributed by atoms with Crippen molar-refractivity contribution in [2.45, 2.75) is 27.7 Å². The molecule has 0 amide bonds. The summed E-state index contributed by atoms with van der Waals surface area (Å²) in [5.41, 5.74) is 5.81. The van der Waals surface area contributed by atoms with E-state index in [4.69, 9.17) is 9.68 Å². The van der Waals surface area contributed by atoms with E-state index in [-0.39, 0.29) is 0 Å². The van der Waals surface area contributed by atoms with Crippen molar-refractivity contribution in [3.63, 3.8) is 0 Å². The molecule has 0 unspecified atom stereocenters. The summed E-state index contributed by atoms with van der Waals surface area (Å²) in [6.07, 6.45) is 0. The third-order valence-electron chi connectivity index (χ3n) is 6.67. The molecule has 0 aromatic heterocycles. The molecule has 0 fully saturated rings. The molecule has 0 spiro atoms. The fraction of sp³-hybridized carbons (Fsp3) is 0.118. The first kappa shape index (κ1) is 27.3. The molecule has 204 valence electrons. The number of fused-ring (bicyclic) bond motifs is 2. The number of nitrogens with zero attached hydrogens (tertiary/aromatic N) is 3. The average Bonchev–Trinajstić information content (AvgIpc) is 2.98. The SMILES string of the molecule is CC(=O)O/N=C(/C)c1ccc(N(c2ccccc2)c2ccc(/C(C)=N/OC(C)=O)c3cc4ccccc4cc23)cc1. The molecular formula is C34H29N3O4. The van der Waals surface area contributed by atoms with E-state index in [2.05, 4.69) is 57.7 Å². The summed E-state index contributed by atoms with van der Waals surface area (Å²) in [4.78, 5) is 34.6. The summed E-state index contributed by atoms with van der Waals surface area (Å²) in [5, 5.41) is 12.2. The summed E-state index contributed by atoms with van der Waals surface area (Å²) < 4.78 is 0. The van der Waals surface area contributed by atoms with Crippen LogP contribution in [0, 0.1) is 0 Å². The van der Waals surface area contributed by atoms with Gasteiger partial charge in [-0.3, -0.25) is 0 Å². The predicted octanol–water partition coefficient (Wildman–Crippen LogP) is 8.04.